The Morgan fingerprint density at radius 2 is 1.90 bits per heavy atom. The summed E-state index contributed by atoms with van der Waals surface area (Å²) in [5, 5.41) is 2.74. The largest absolute Gasteiger partial charge is 0.366 e. The Bertz CT molecular complexity index is 1110. The van der Waals surface area contributed by atoms with Crippen LogP contribution in [0.1, 0.15) is 23.4 Å². The Kier molecular flexibility index (Phi) is 5.08. The van der Waals surface area contributed by atoms with Crippen molar-refractivity contribution in [3.05, 3.63) is 63.5 Å². The smallest absolute Gasteiger partial charge is 0.266 e. The second-order valence-corrected chi connectivity index (χ2v) is 7.39. The van der Waals surface area contributed by atoms with Gasteiger partial charge >= 0.3 is 0 Å². The number of nitrogens with zero attached hydrogens (tertiary/aromatic N) is 4. The number of hydrogen-bond acceptors (Lipinski definition) is 4. The Balaban J connectivity index is 1.39. The Morgan fingerprint density at radius 3 is 2.62 bits per heavy atom. The number of carbonyl (C=O) groups excluding carboxylic acids is 1. The molecule has 0 aliphatic carbocycles. The van der Waals surface area contributed by atoms with E-state index in [1.54, 1.807) is 16.6 Å². The van der Waals surface area contributed by atoms with E-state index in [0.29, 0.717) is 50.4 Å². The van der Waals surface area contributed by atoms with Crippen molar-refractivity contribution in [3.8, 4) is 0 Å². The Labute approximate surface area is 167 Å². The molecule has 1 aromatic carbocycles. The standard InChI is InChI=1S/C21H24FN5O2/c1-14-16(15(2)27-19(23-14)13-20(28)24-27)7-8-21(29)26-11-9-25(10-12-26)18-6-4-3-5-17(18)22/h3-6,13H,7-12H2,1-2H3,(H,24,28). The zero-order valence-corrected chi connectivity index (χ0v) is 16.6. The van der Waals surface area contributed by atoms with Gasteiger partial charge in [0.25, 0.3) is 5.56 Å². The molecule has 4 rings (SSSR count). The van der Waals surface area contributed by atoms with Crippen LogP contribution in [0, 0.1) is 19.7 Å². The van der Waals surface area contributed by atoms with Crippen LogP contribution >= 0.6 is 0 Å². The fourth-order valence-corrected chi connectivity index (χ4v) is 4.01. The van der Waals surface area contributed by atoms with Gasteiger partial charge in [-0.3, -0.25) is 14.7 Å². The van der Waals surface area contributed by atoms with E-state index >= 15 is 0 Å². The van der Waals surface area contributed by atoms with Gasteiger partial charge in [-0.05, 0) is 38.0 Å². The third-order valence-corrected chi connectivity index (χ3v) is 5.62. The molecule has 1 aliphatic rings. The highest BCUT2D eigenvalue weighted by atomic mass is 19.1. The van der Waals surface area contributed by atoms with Crippen molar-refractivity contribution in [2.75, 3.05) is 31.1 Å². The number of fused-ring (bicyclic) bond motifs is 1. The maximum atomic E-state index is 14.0. The highest BCUT2D eigenvalue weighted by molar-refractivity contribution is 5.77. The second-order valence-electron chi connectivity index (χ2n) is 7.39. The number of aryl methyl sites for hydroxylation is 2. The predicted octanol–water partition coefficient (Wildman–Crippen LogP) is 2.06. The molecule has 7 nitrogen and oxygen atoms in total. The van der Waals surface area contributed by atoms with Gasteiger partial charge in [-0.1, -0.05) is 12.1 Å². The summed E-state index contributed by atoms with van der Waals surface area (Å²) in [4.78, 5) is 32.6. The van der Waals surface area contributed by atoms with Crippen molar-refractivity contribution in [3.63, 3.8) is 0 Å². The quantitative estimate of drug-likeness (QED) is 0.731. The Morgan fingerprint density at radius 1 is 1.17 bits per heavy atom. The highest BCUT2D eigenvalue weighted by Crippen LogP contribution is 2.21. The first-order chi connectivity index (χ1) is 13.9. The van der Waals surface area contributed by atoms with Crippen LogP contribution in [-0.4, -0.2) is 51.6 Å². The summed E-state index contributed by atoms with van der Waals surface area (Å²) in [5.74, 6) is -0.151. The number of H-pyrrole nitrogens is 1. The van der Waals surface area contributed by atoms with E-state index in [1.165, 1.54) is 12.1 Å². The monoisotopic (exact) mass is 397 g/mol. The Hall–Kier alpha value is -3.16. The van der Waals surface area contributed by atoms with Crippen LogP contribution in [0.15, 0.2) is 35.1 Å². The molecule has 2 aromatic heterocycles. The molecule has 0 unspecified atom stereocenters. The maximum absolute atomic E-state index is 14.0. The molecule has 1 amide bonds. The van der Waals surface area contributed by atoms with Gasteiger partial charge in [0.05, 0.1) is 5.69 Å². The fourth-order valence-electron chi connectivity index (χ4n) is 4.01. The van der Waals surface area contributed by atoms with Crippen molar-refractivity contribution in [2.24, 2.45) is 0 Å². The number of aromatic nitrogens is 3. The number of anilines is 1. The number of piperazine rings is 1. The minimum atomic E-state index is -0.232. The number of amides is 1. The van der Waals surface area contributed by atoms with Crippen LogP contribution in [0.3, 0.4) is 0 Å². The molecule has 3 aromatic rings. The lowest BCUT2D eigenvalue weighted by Gasteiger charge is -2.36. The number of hydrogen-bond donors (Lipinski definition) is 1. The van der Waals surface area contributed by atoms with Crippen molar-refractivity contribution in [1.82, 2.24) is 19.5 Å². The van der Waals surface area contributed by atoms with Crippen molar-refractivity contribution >= 4 is 17.2 Å². The average Bonchev–Trinajstić information content (AvgIpc) is 3.08. The van der Waals surface area contributed by atoms with Gasteiger partial charge < -0.3 is 9.80 Å². The van der Waals surface area contributed by atoms with Gasteiger partial charge in [0, 0.05) is 50.1 Å². The molecule has 0 atom stereocenters. The SMILES string of the molecule is Cc1nc2cc(=O)[nH]n2c(C)c1CCC(=O)N1CCN(c2ccccc2F)CC1. The summed E-state index contributed by atoms with van der Waals surface area (Å²) in [6.45, 7) is 6.20. The molecule has 0 spiro atoms. The normalized spacial score (nSPS) is 14.6. The highest BCUT2D eigenvalue weighted by Gasteiger charge is 2.23. The summed E-state index contributed by atoms with van der Waals surface area (Å²) < 4.78 is 15.6. The van der Waals surface area contributed by atoms with E-state index in [1.807, 2.05) is 29.7 Å². The van der Waals surface area contributed by atoms with Gasteiger partial charge in [0.2, 0.25) is 5.91 Å². The summed E-state index contributed by atoms with van der Waals surface area (Å²) >= 11 is 0. The second kappa shape index (κ2) is 7.69. The molecule has 0 saturated carbocycles. The first kappa shape index (κ1) is 19.2. The third kappa shape index (κ3) is 3.74. The minimum Gasteiger partial charge on any atom is -0.366 e. The van der Waals surface area contributed by atoms with Gasteiger partial charge in [0.15, 0.2) is 5.65 Å². The van der Waals surface area contributed by atoms with Gasteiger partial charge in [0.1, 0.15) is 5.82 Å². The zero-order valence-electron chi connectivity index (χ0n) is 16.6. The van der Waals surface area contributed by atoms with Crippen molar-refractivity contribution < 1.29 is 9.18 Å². The first-order valence-corrected chi connectivity index (χ1v) is 9.79. The average molecular weight is 397 g/mol. The lowest BCUT2D eigenvalue weighted by Crippen LogP contribution is -2.49. The van der Waals surface area contributed by atoms with Gasteiger partial charge in [-0.2, -0.15) is 0 Å². The fraction of sp³-hybridized carbons (Fsp3) is 0.381. The lowest BCUT2D eigenvalue weighted by atomic mass is 10.1. The summed E-state index contributed by atoms with van der Waals surface area (Å²) in [5.41, 5.74) is 3.68. The molecule has 152 valence electrons. The first-order valence-electron chi connectivity index (χ1n) is 9.79. The molecule has 8 heteroatoms. The summed E-state index contributed by atoms with van der Waals surface area (Å²) in [6.07, 6.45) is 0.938. The molecule has 29 heavy (non-hydrogen) atoms. The van der Waals surface area contributed by atoms with Crippen LogP contribution in [-0.2, 0) is 11.2 Å². The topological polar surface area (TPSA) is 73.7 Å². The number of rotatable bonds is 4. The van der Waals surface area contributed by atoms with E-state index < -0.39 is 0 Å². The number of halogens is 1. The van der Waals surface area contributed by atoms with Crippen LogP contribution in [0.5, 0.6) is 0 Å². The van der Waals surface area contributed by atoms with Crippen LogP contribution in [0.2, 0.25) is 0 Å². The van der Waals surface area contributed by atoms with E-state index in [9.17, 15) is 14.0 Å². The minimum absolute atomic E-state index is 0.0816. The molecule has 0 radical (unpaired) electrons. The summed E-state index contributed by atoms with van der Waals surface area (Å²) in [7, 11) is 0. The van der Waals surface area contributed by atoms with Crippen LogP contribution in [0.4, 0.5) is 10.1 Å². The van der Waals surface area contributed by atoms with Gasteiger partial charge in [-0.25, -0.2) is 13.9 Å². The van der Waals surface area contributed by atoms with Crippen LogP contribution in [0.25, 0.3) is 5.65 Å². The maximum Gasteiger partial charge on any atom is 0.266 e. The van der Waals surface area contributed by atoms with Gasteiger partial charge in [-0.15, -0.1) is 0 Å². The number of aromatic amines is 1. The van der Waals surface area contributed by atoms with Crippen molar-refractivity contribution in [2.45, 2.75) is 26.7 Å². The molecule has 1 fully saturated rings. The van der Waals surface area contributed by atoms with E-state index in [2.05, 4.69) is 10.1 Å². The van der Waals surface area contributed by atoms with Crippen molar-refractivity contribution in [1.29, 1.82) is 0 Å². The molecule has 1 aliphatic heterocycles. The van der Waals surface area contributed by atoms with E-state index in [0.717, 1.165) is 17.0 Å². The molecule has 1 saturated heterocycles. The number of para-hydroxylation sites is 1. The molecular formula is C21H24FN5O2. The number of benzene rings is 1. The molecule has 0 bridgehead atoms. The summed E-state index contributed by atoms with van der Waals surface area (Å²) in [6, 6.07) is 8.19. The predicted molar refractivity (Wildman–Crippen MR) is 109 cm³/mol. The zero-order chi connectivity index (χ0) is 20.5. The molecule has 1 N–H and O–H groups in total. The number of carbonyl (C=O) groups is 1. The molecular weight excluding hydrogens is 373 g/mol. The third-order valence-electron chi connectivity index (χ3n) is 5.62. The molecule has 3 heterocycles. The number of nitrogens with one attached hydrogen (secondary N) is 1. The van der Waals surface area contributed by atoms with E-state index in [4.69, 9.17) is 0 Å². The lowest BCUT2D eigenvalue weighted by molar-refractivity contribution is -0.131. The van der Waals surface area contributed by atoms with E-state index in [-0.39, 0.29) is 17.3 Å². The van der Waals surface area contributed by atoms with Crippen LogP contribution < -0.4 is 10.5 Å².